The van der Waals surface area contributed by atoms with Gasteiger partial charge in [-0.05, 0) is 19.3 Å². The van der Waals surface area contributed by atoms with Crippen LogP contribution in [0.5, 0.6) is 0 Å². The Hall–Kier alpha value is -3.17. The zero-order chi connectivity index (χ0) is 21.5. The van der Waals surface area contributed by atoms with Crippen molar-refractivity contribution < 1.29 is 13.6 Å². The minimum absolute atomic E-state index is 0.254. The van der Waals surface area contributed by atoms with E-state index in [0.29, 0.717) is 23.4 Å². The molecule has 0 aliphatic carbocycles. The number of nitrogens with zero attached hydrogens (tertiary/aromatic N) is 6. The van der Waals surface area contributed by atoms with Crippen LogP contribution in [0.15, 0.2) is 18.3 Å². The highest BCUT2D eigenvalue weighted by atomic mass is 19.3. The normalized spacial score (nSPS) is 14.5. The lowest BCUT2D eigenvalue weighted by molar-refractivity contribution is -0.114. The molecule has 1 N–H and O–H groups in total. The molecule has 3 aromatic heterocycles. The second-order valence-corrected chi connectivity index (χ2v) is 7.48. The van der Waals surface area contributed by atoms with Crippen LogP contribution in [0.1, 0.15) is 45.1 Å². The molecule has 0 atom stereocenters. The van der Waals surface area contributed by atoms with E-state index in [2.05, 4.69) is 25.2 Å². The molecule has 3 aromatic rings. The van der Waals surface area contributed by atoms with Crippen molar-refractivity contribution in [3.8, 4) is 5.82 Å². The van der Waals surface area contributed by atoms with Gasteiger partial charge in [-0.2, -0.15) is 8.78 Å². The summed E-state index contributed by atoms with van der Waals surface area (Å²) in [5.41, 5.74) is 1.13. The number of rotatable bonds is 5. The van der Waals surface area contributed by atoms with Gasteiger partial charge in [0.25, 0.3) is 0 Å². The van der Waals surface area contributed by atoms with E-state index in [-0.39, 0.29) is 11.7 Å². The van der Waals surface area contributed by atoms with Gasteiger partial charge in [0.1, 0.15) is 5.82 Å². The van der Waals surface area contributed by atoms with Crippen LogP contribution in [-0.2, 0) is 17.1 Å². The predicted octanol–water partition coefficient (Wildman–Crippen LogP) is 3.44. The molecule has 0 unspecified atom stereocenters. The molecule has 0 radical (unpaired) electrons. The molecule has 10 heteroatoms. The van der Waals surface area contributed by atoms with Crippen LogP contribution in [0, 0.1) is 0 Å². The maximum atomic E-state index is 14.0. The maximum absolute atomic E-state index is 14.0. The summed E-state index contributed by atoms with van der Waals surface area (Å²) >= 11 is 0. The Balaban J connectivity index is 1.94. The lowest BCUT2D eigenvalue weighted by atomic mass is 10.2. The lowest BCUT2D eigenvalue weighted by Crippen LogP contribution is -2.19. The Kier molecular flexibility index (Phi) is 5.08. The Labute approximate surface area is 172 Å². The number of fused-ring (bicyclic) bond motifs is 1. The Morgan fingerprint density at radius 2 is 1.97 bits per heavy atom. The number of hydrogen-bond acceptors (Lipinski definition) is 6. The molecule has 4 heterocycles. The summed E-state index contributed by atoms with van der Waals surface area (Å²) in [5.74, 6) is -2.63. The summed E-state index contributed by atoms with van der Waals surface area (Å²) in [5, 5.41) is 8.14. The highest BCUT2D eigenvalue weighted by molar-refractivity contribution is 5.95. The van der Waals surface area contributed by atoms with Gasteiger partial charge < -0.3 is 10.2 Å². The summed E-state index contributed by atoms with van der Waals surface area (Å²) in [6.07, 6.45) is 4.25. The number of alkyl halides is 2. The van der Waals surface area contributed by atoms with Crippen molar-refractivity contribution in [2.75, 3.05) is 23.3 Å². The zero-order valence-electron chi connectivity index (χ0n) is 17.1. The lowest BCUT2D eigenvalue weighted by Gasteiger charge is -2.14. The maximum Gasteiger partial charge on any atom is 0.303 e. The van der Waals surface area contributed by atoms with E-state index in [9.17, 15) is 13.6 Å². The quantitative estimate of drug-likeness (QED) is 0.687. The van der Waals surface area contributed by atoms with E-state index in [1.54, 1.807) is 18.3 Å². The van der Waals surface area contributed by atoms with E-state index in [1.807, 2.05) is 6.92 Å². The van der Waals surface area contributed by atoms with Gasteiger partial charge in [0.15, 0.2) is 11.6 Å². The molecule has 0 bridgehead atoms. The molecular formula is C20H23F2N7O. The number of halogens is 2. The molecule has 0 saturated carbocycles. The van der Waals surface area contributed by atoms with Crippen LogP contribution in [0.3, 0.4) is 0 Å². The van der Waals surface area contributed by atoms with Gasteiger partial charge >= 0.3 is 5.92 Å². The largest absolute Gasteiger partial charge is 0.355 e. The third-order valence-electron chi connectivity index (χ3n) is 4.99. The molecule has 4 rings (SSSR count). The molecule has 1 amide bonds. The summed E-state index contributed by atoms with van der Waals surface area (Å²) in [7, 11) is 0. The molecule has 1 fully saturated rings. The van der Waals surface area contributed by atoms with Crippen LogP contribution in [0.25, 0.3) is 16.7 Å². The molecule has 1 saturated heterocycles. The standard InChI is InChI=1S/C20H23F2N7O/c1-4-13-9-17(26-19(25-13)20(3,21)22)29-15-10-16(24-12(2)30)23-11-14(15)18(27-29)28-7-5-6-8-28/h9-11H,4-8H2,1-3H3,(H,23,24,30). The third kappa shape index (κ3) is 3.81. The van der Waals surface area contributed by atoms with E-state index < -0.39 is 11.7 Å². The van der Waals surface area contributed by atoms with Crippen molar-refractivity contribution in [3.63, 3.8) is 0 Å². The summed E-state index contributed by atoms with van der Waals surface area (Å²) in [4.78, 5) is 26.0. The SMILES string of the molecule is CCc1cc(-n2nc(N3CCCC3)c3cnc(NC(C)=O)cc32)nc(C(C)(F)F)n1. The molecule has 8 nitrogen and oxygen atoms in total. The van der Waals surface area contributed by atoms with Gasteiger partial charge in [-0.25, -0.2) is 19.6 Å². The van der Waals surface area contributed by atoms with Crippen LogP contribution >= 0.6 is 0 Å². The van der Waals surface area contributed by atoms with Crippen molar-refractivity contribution in [3.05, 3.63) is 29.8 Å². The Bertz CT molecular complexity index is 1100. The molecule has 1 aliphatic rings. The van der Waals surface area contributed by atoms with Gasteiger partial charge in [0, 0.05) is 51.0 Å². The van der Waals surface area contributed by atoms with E-state index >= 15 is 0 Å². The van der Waals surface area contributed by atoms with Gasteiger partial charge in [0.05, 0.1) is 10.9 Å². The number of anilines is 2. The molecule has 158 valence electrons. The fourth-order valence-corrected chi connectivity index (χ4v) is 3.55. The van der Waals surface area contributed by atoms with E-state index in [1.165, 1.54) is 11.6 Å². The molecule has 0 spiro atoms. The predicted molar refractivity (Wildman–Crippen MR) is 109 cm³/mol. The van der Waals surface area contributed by atoms with Crippen molar-refractivity contribution in [2.24, 2.45) is 0 Å². The summed E-state index contributed by atoms with van der Waals surface area (Å²) in [6.45, 7) is 5.75. The molecule has 30 heavy (non-hydrogen) atoms. The number of aryl methyl sites for hydroxylation is 1. The number of pyridine rings is 1. The summed E-state index contributed by atoms with van der Waals surface area (Å²) in [6, 6.07) is 3.34. The smallest absolute Gasteiger partial charge is 0.303 e. The van der Waals surface area contributed by atoms with Gasteiger partial charge in [-0.1, -0.05) is 6.92 Å². The van der Waals surface area contributed by atoms with Crippen LogP contribution in [0.2, 0.25) is 0 Å². The number of amides is 1. The van der Waals surface area contributed by atoms with Crippen LogP contribution in [0.4, 0.5) is 20.4 Å². The highest BCUT2D eigenvalue weighted by Crippen LogP contribution is 2.32. The Morgan fingerprint density at radius 1 is 1.23 bits per heavy atom. The van der Waals surface area contributed by atoms with Gasteiger partial charge in [-0.3, -0.25) is 4.79 Å². The minimum Gasteiger partial charge on any atom is -0.355 e. The minimum atomic E-state index is -3.18. The van der Waals surface area contributed by atoms with Crippen LogP contribution < -0.4 is 10.2 Å². The van der Waals surface area contributed by atoms with Crippen molar-refractivity contribution >= 4 is 28.4 Å². The second-order valence-electron chi connectivity index (χ2n) is 7.48. The van der Waals surface area contributed by atoms with Gasteiger partial charge in [0.2, 0.25) is 11.7 Å². The van der Waals surface area contributed by atoms with Crippen molar-refractivity contribution in [1.82, 2.24) is 24.7 Å². The van der Waals surface area contributed by atoms with E-state index in [0.717, 1.165) is 44.1 Å². The molecule has 0 aromatic carbocycles. The zero-order valence-corrected chi connectivity index (χ0v) is 17.1. The second kappa shape index (κ2) is 7.58. The average Bonchev–Trinajstić information content (AvgIpc) is 3.34. The average molecular weight is 415 g/mol. The molecule has 1 aliphatic heterocycles. The third-order valence-corrected chi connectivity index (χ3v) is 4.99. The van der Waals surface area contributed by atoms with Crippen LogP contribution in [-0.4, -0.2) is 43.7 Å². The van der Waals surface area contributed by atoms with Crippen molar-refractivity contribution in [2.45, 2.75) is 46.0 Å². The molecular weight excluding hydrogens is 392 g/mol. The first-order chi connectivity index (χ1) is 14.3. The Morgan fingerprint density at radius 3 is 2.60 bits per heavy atom. The highest BCUT2D eigenvalue weighted by Gasteiger charge is 2.30. The number of hydrogen-bond donors (Lipinski definition) is 1. The number of nitrogens with one attached hydrogen (secondary N) is 1. The fourth-order valence-electron chi connectivity index (χ4n) is 3.55. The topological polar surface area (TPSA) is 88.8 Å². The van der Waals surface area contributed by atoms with Gasteiger partial charge in [-0.15, -0.1) is 5.10 Å². The monoisotopic (exact) mass is 415 g/mol. The number of carbonyl (C=O) groups excluding carboxylic acids is 1. The summed E-state index contributed by atoms with van der Waals surface area (Å²) < 4.78 is 29.6. The number of aromatic nitrogens is 5. The first-order valence-electron chi connectivity index (χ1n) is 9.94. The number of carbonyl (C=O) groups is 1. The first kappa shape index (κ1) is 20.1. The fraction of sp³-hybridized carbons (Fsp3) is 0.450. The van der Waals surface area contributed by atoms with Crippen molar-refractivity contribution in [1.29, 1.82) is 0 Å². The van der Waals surface area contributed by atoms with E-state index in [4.69, 9.17) is 5.10 Å². The first-order valence-corrected chi connectivity index (χ1v) is 9.94.